The first kappa shape index (κ1) is 23.8. The molecule has 1 heterocycles. The SMILES string of the molecule is CC(C)CC(CNC(=O)OCC1c2ccccc2-c2ccccc21)C(=O)N1CC(C)(C(=O)O)C1. The Balaban J connectivity index is 1.34. The van der Waals surface area contributed by atoms with Crippen molar-refractivity contribution in [3.63, 3.8) is 0 Å². The molecule has 1 saturated heterocycles. The molecule has 2 N–H and O–H groups in total. The molecule has 2 aromatic carbocycles. The molecular weight excluding hydrogens is 432 g/mol. The number of nitrogens with one attached hydrogen (secondary N) is 1. The summed E-state index contributed by atoms with van der Waals surface area (Å²) in [5.74, 6) is -1.20. The van der Waals surface area contributed by atoms with Crippen molar-refractivity contribution in [3.05, 3.63) is 59.7 Å². The summed E-state index contributed by atoms with van der Waals surface area (Å²) in [6, 6.07) is 16.3. The van der Waals surface area contributed by atoms with E-state index >= 15 is 0 Å². The van der Waals surface area contributed by atoms with Crippen LogP contribution >= 0.6 is 0 Å². The monoisotopic (exact) mass is 464 g/mol. The number of carbonyl (C=O) groups is 3. The maximum Gasteiger partial charge on any atom is 0.407 e. The topological polar surface area (TPSA) is 95.9 Å². The molecule has 2 aromatic rings. The number of alkyl carbamates (subject to hydrolysis) is 1. The van der Waals surface area contributed by atoms with Crippen LogP contribution in [0.5, 0.6) is 0 Å². The van der Waals surface area contributed by atoms with Crippen molar-refractivity contribution in [1.29, 1.82) is 0 Å². The van der Waals surface area contributed by atoms with E-state index in [0.717, 1.165) is 22.3 Å². The average molecular weight is 465 g/mol. The van der Waals surface area contributed by atoms with Gasteiger partial charge in [-0.3, -0.25) is 9.59 Å². The van der Waals surface area contributed by atoms with Gasteiger partial charge in [0.2, 0.25) is 5.91 Å². The maximum absolute atomic E-state index is 13.0. The second kappa shape index (κ2) is 9.49. The van der Waals surface area contributed by atoms with Gasteiger partial charge in [0.05, 0.1) is 11.3 Å². The second-order valence-corrected chi connectivity index (χ2v) is 10.1. The van der Waals surface area contributed by atoms with Crippen LogP contribution in [0.4, 0.5) is 4.79 Å². The highest BCUT2D eigenvalue weighted by molar-refractivity contribution is 5.85. The third-order valence-corrected chi connectivity index (χ3v) is 6.85. The molecule has 0 aromatic heterocycles. The third kappa shape index (κ3) is 4.65. The zero-order chi connectivity index (χ0) is 24.5. The zero-order valence-electron chi connectivity index (χ0n) is 19.9. The van der Waals surface area contributed by atoms with Gasteiger partial charge in [-0.25, -0.2) is 4.79 Å². The fourth-order valence-corrected chi connectivity index (χ4v) is 5.04. The molecule has 7 heteroatoms. The van der Waals surface area contributed by atoms with Crippen molar-refractivity contribution >= 4 is 18.0 Å². The normalized spacial score (nSPS) is 16.9. The summed E-state index contributed by atoms with van der Waals surface area (Å²) < 4.78 is 5.59. The average Bonchev–Trinajstić information content (AvgIpc) is 3.11. The van der Waals surface area contributed by atoms with E-state index in [4.69, 9.17) is 4.74 Å². The summed E-state index contributed by atoms with van der Waals surface area (Å²) in [6.07, 6.45) is 0.0466. The lowest BCUT2D eigenvalue weighted by molar-refractivity contribution is -0.165. The number of aliphatic carboxylic acids is 1. The van der Waals surface area contributed by atoms with Crippen LogP contribution in [0.15, 0.2) is 48.5 Å². The molecule has 0 saturated carbocycles. The molecule has 4 rings (SSSR count). The van der Waals surface area contributed by atoms with Crippen LogP contribution in [-0.4, -0.2) is 54.2 Å². The molecule has 34 heavy (non-hydrogen) atoms. The zero-order valence-corrected chi connectivity index (χ0v) is 19.9. The summed E-state index contributed by atoms with van der Waals surface area (Å²) in [6.45, 7) is 6.45. The highest BCUT2D eigenvalue weighted by Crippen LogP contribution is 2.44. The Kier molecular flexibility index (Phi) is 6.64. The molecule has 0 bridgehead atoms. The number of hydrogen-bond acceptors (Lipinski definition) is 4. The summed E-state index contributed by atoms with van der Waals surface area (Å²) >= 11 is 0. The molecule has 1 atom stereocenters. The van der Waals surface area contributed by atoms with E-state index in [2.05, 4.69) is 29.6 Å². The van der Waals surface area contributed by atoms with Crippen molar-refractivity contribution < 1.29 is 24.2 Å². The first-order valence-electron chi connectivity index (χ1n) is 11.8. The fourth-order valence-electron chi connectivity index (χ4n) is 5.04. The molecule has 2 aliphatic rings. The lowest BCUT2D eigenvalue weighted by Gasteiger charge is -2.46. The van der Waals surface area contributed by atoms with Gasteiger partial charge in [-0.2, -0.15) is 0 Å². The van der Waals surface area contributed by atoms with Crippen molar-refractivity contribution in [2.45, 2.75) is 33.1 Å². The number of fused-ring (bicyclic) bond motifs is 3. The van der Waals surface area contributed by atoms with E-state index in [-0.39, 0.29) is 44.0 Å². The Hall–Kier alpha value is -3.35. The predicted molar refractivity (Wildman–Crippen MR) is 128 cm³/mol. The number of benzene rings is 2. The number of carboxylic acid groups (broad SMARTS) is 1. The summed E-state index contributed by atoms with van der Waals surface area (Å²) in [4.78, 5) is 38.4. The highest BCUT2D eigenvalue weighted by Gasteiger charge is 2.48. The van der Waals surface area contributed by atoms with Gasteiger partial charge in [0.15, 0.2) is 0 Å². The summed E-state index contributed by atoms with van der Waals surface area (Å²) in [5, 5.41) is 12.1. The molecule has 2 amide bonds. The molecule has 1 fully saturated rings. The largest absolute Gasteiger partial charge is 0.481 e. The fraction of sp³-hybridized carbons (Fsp3) is 0.444. The van der Waals surface area contributed by atoms with Gasteiger partial charge in [-0.1, -0.05) is 62.4 Å². The Bertz CT molecular complexity index is 1040. The van der Waals surface area contributed by atoms with Crippen molar-refractivity contribution in [2.24, 2.45) is 17.3 Å². The molecular formula is C27H32N2O5. The summed E-state index contributed by atoms with van der Waals surface area (Å²) in [5.41, 5.74) is 3.72. The van der Waals surface area contributed by atoms with E-state index < -0.39 is 23.4 Å². The smallest absolute Gasteiger partial charge is 0.407 e. The van der Waals surface area contributed by atoms with Gasteiger partial charge in [0, 0.05) is 25.6 Å². The minimum atomic E-state index is -0.895. The number of nitrogens with zero attached hydrogens (tertiary/aromatic N) is 1. The Morgan fingerprint density at radius 3 is 2.15 bits per heavy atom. The van der Waals surface area contributed by atoms with Crippen molar-refractivity contribution in [2.75, 3.05) is 26.2 Å². The van der Waals surface area contributed by atoms with Gasteiger partial charge in [-0.15, -0.1) is 0 Å². The Morgan fingerprint density at radius 1 is 1.06 bits per heavy atom. The van der Waals surface area contributed by atoms with Crippen LogP contribution in [0.1, 0.15) is 44.2 Å². The van der Waals surface area contributed by atoms with Crippen LogP contribution in [0.2, 0.25) is 0 Å². The first-order chi connectivity index (χ1) is 16.2. The summed E-state index contributed by atoms with van der Waals surface area (Å²) in [7, 11) is 0. The molecule has 1 aliphatic carbocycles. The Morgan fingerprint density at radius 2 is 1.62 bits per heavy atom. The standard InChI is InChI=1S/C27H32N2O5/c1-17(2)12-18(24(30)29-15-27(3,16-29)25(31)32)13-28-26(33)34-14-23-21-10-6-4-8-19(21)20-9-5-7-11-22(20)23/h4-11,17-18,23H,12-16H2,1-3H3,(H,28,33)(H,31,32). The van der Waals surface area contributed by atoms with Crippen LogP contribution in [0.25, 0.3) is 11.1 Å². The molecule has 0 spiro atoms. The van der Waals surface area contributed by atoms with Gasteiger partial charge in [-0.05, 0) is 41.5 Å². The van der Waals surface area contributed by atoms with Crippen LogP contribution in [0, 0.1) is 17.3 Å². The van der Waals surface area contributed by atoms with E-state index in [9.17, 15) is 19.5 Å². The van der Waals surface area contributed by atoms with Crippen LogP contribution in [-0.2, 0) is 14.3 Å². The lowest BCUT2D eigenvalue weighted by Crippen LogP contribution is -2.62. The number of amides is 2. The molecule has 1 aliphatic heterocycles. The van der Waals surface area contributed by atoms with Gasteiger partial charge in [0.1, 0.15) is 6.61 Å². The minimum absolute atomic E-state index is 0.0268. The molecule has 1 unspecified atom stereocenters. The number of likely N-dealkylation sites (tertiary alicyclic amines) is 1. The van der Waals surface area contributed by atoms with E-state index in [1.165, 1.54) is 0 Å². The number of ether oxygens (including phenoxy) is 1. The second-order valence-electron chi connectivity index (χ2n) is 10.1. The number of carboxylic acids is 1. The van der Waals surface area contributed by atoms with E-state index in [0.29, 0.717) is 6.42 Å². The van der Waals surface area contributed by atoms with Crippen molar-refractivity contribution in [3.8, 4) is 11.1 Å². The quantitative estimate of drug-likeness (QED) is 0.613. The predicted octanol–water partition coefficient (Wildman–Crippen LogP) is 4.12. The third-order valence-electron chi connectivity index (χ3n) is 6.85. The lowest BCUT2D eigenvalue weighted by atomic mass is 9.80. The van der Waals surface area contributed by atoms with Gasteiger partial charge in [0.25, 0.3) is 0 Å². The first-order valence-corrected chi connectivity index (χ1v) is 11.8. The molecule has 0 radical (unpaired) electrons. The Labute approximate surface area is 200 Å². The maximum atomic E-state index is 13.0. The number of carbonyl (C=O) groups excluding carboxylic acids is 2. The van der Waals surface area contributed by atoms with Gasteiger partial charge < -0.3 is 20.1 Å². The van der Waals surface area contributed by atoms with Crippen LogP contribution in [0.3, 0.4) is 0 Å². The van der Waals surface area contributed by atoms with Gasteiger partial charge >= 0.3 is 12.1 Å². The van der Waals surface area contributed by atoms with E-state index in [1.54, 1.807) is 11.8 Å². The minimum Gasteiger partial charge on any atom is -0.481 e. The number of rotatable bonds is 8. The number of hydrogen-bond donors (Lipinski definition) is 2. The van der Waals surface area contributed by atoms with Crippen molar-refractivity contribution in [1.82, 2.24) is 10.2 Å². The molecule has 7 nitrogen and oxygen atoms in total. The highest BCUT2D eigenvalue weighted by atomic mass is 16.5. The van der Waals surface area contributed by atoms with E-state index in [1.807, 2.05) is 38.1 Å². The molecule has 180 valence electrons. The van der Waals surface area contributed by atoms with Crippen LogP contribution < -0.4 is 5.32 Å².